The van der Waals surface area contributed by atoms with E-state index in [1.165, 1.54) is 0 Å². The van der Waals surface area contributed by atoms with Crippen molar-refractivity contribution < 1.29 is 19.3 Å². The fourth-order valence-electron chi connectivity index (χ4n) is 4.62. The Labute approximate surface area is 198 Å². The van der Waals surface area contributed by atoms with Crippen LogP contribution in [0.3, 0.4) is 0 Å². The summed E-state index contributed by atoms with van der Waals surface area (Å²) in [5.74, 6) is 2.26. The van der Waals surface area contributed by atoms with Gasteiger partial charge in [0.25, 0.3) is 0 Å². The molecule has 1 aliphatic heterocycles. The van der Waals surface area contributed by atoms with E-state index in [4.69, 9.17) is 19.3 Å². The molecule has 0 fully saturated rings. The van der Waals surface area contributed by atoms with Gasteiger partial charge in [-0.3, -0.25) is 5.01 Å². The molecule has 0 amide bonds. The van der Waals surface area contributed by atoms with Gasteiger partial charge in [-0.05, 0) is 29.7 Å². The van der Waals surface area contributed by atoms with Gasteiger partial charge >= 0.3 is 0 Å². The molecular formula is C28H26N2O4. The van der Waals surface area contributed by atoms with E-state index in [-0.39, 0.29) is 11.8 Å². The molecular weight excluding hydrogens is 428 g/mol. The molecule has 1 N–H and O–H groups in total. The quantitative estimate of drug-likeness (QED) is 0.391. The van der Waals surface area contributed by atoms with Crippen molar-refractivity contribution in [1.29, 1.82) is 0 Å². The van der Waals surface area contributed by atoms with E-state index in [2.05, 4.69) is 0 Å². The van der Waals surface area contributed by atoms with E-state index in [0.717, 1.165) is 27.7 Å². The first-order valence-corrected chi connectivity index (χ1v) is 11.1. The maximum absolute atomic E-state index is 11.1. The summed E-state index contributed by atoms with van der Waals surface area (Å²) < 4.78 is 17.0. The highest BCUT2D eigenvalue weighted by molar-refractivity contribution is 6.09. The maximum Gasteiger partial charge on any atom is 0.166 e. The summed E-state index contributed by atoms with van der Waals surface area (Å²) >= 11 is 0. The highest BCUT2D eigenvalue weighted by atomic mass is 16.5. The smallest absolute Gasteiger partial charge is 0.166 e. The third-order valence-electron chi connectivity index (χ3n) is 6.25. The van der Waals surface area contributed by atoms with Gasteiger partial charge in [0, 0.05) is 22.9 Å². The molecule has 0 saturated heterocycles. The number of methoxy groups -OCH3 is 3. The summed E-state index contributed by atoms with van der Waals surface area (Å²) in [5, 5.41) is 19.9. The summed E-state index contributed by atoms with van der Waals surface area (Å²) in [7, 11) is 4.92. The van der Waals surface area contributed by atoms with E-state index < -0.39 is 0 Å². The molecule has 0 spiro atoms. The topological polar surface area (TPSA) is 63.5 Å². The molecule has 0 aliphatic carbocycles. The first-order valence-electron chi connectivity index (χ1n) is 11.1. The van der Waals surface area contributed by atoms with Gasteiger partial charge in [0.2, 0.25) is 0 Å². The van der Waals surface area contributed by atoms with E-state index in [1.54, 1.807) is 21.3 Å². The lowest BCUT2D eigenvalue weighted by molar-refractivity contribution is 0.349. The fraction of sp³-hybridized carbons (Fsp3) is 0.179. The van der Waals surface area contributed by atoms with Crippen LogP contribution in [0.15, 0.2) is 84.0 Å². The van der Waals surface area contributed by atoms with Crippen molar-refractivity contribution in [2.24, 2.45) is 5.10 Å². The molecule has 1 aliphatic rings. The molecule has 1 heterocycles. The van der Waals surface area contributed by atoms with Gasteiger partial charge in [-0.2, -0.15) is 5.10 Å². The van der Waals surface area contributed by atoms with E-state index in [1.807, 2.05) is 83.9 Å². The number of nitrogens with zero attached hydrogens (tertiary/aromatic N) is 2. The Hall–Kier alpha value is -4.19. The van der Waals surface area contributed by atoms with Crippen LogP contribution in [-0.2, 0) is 0 Å². The van der Waals surface area contributed by atoms with Crippen LogP contribution >= 0.6 is 0 Å². The number of benzene rings is 4. The Kier molecular flexibility index (Phi) is 5.72. The molecule has 0 bridgehead atoms. The van der Waals surface area contributed by atoms with Crippen molar-refractivity contribution in [3.8, 4) is 23.0 Å². The average Bonchev–Trinajstić information content (AvgIpc) is 3.33. The third-order valence-corrected chi connectivity index (χ3v) is 6.25. The van der Waals surface area contributed by atoms with Crippen molar-refractivity contribution in [3.05, 3.63) is 90.0 Å². The second kappa shape index (κ2) is 8.98. The minimum atomic E-state index is -0.192. The van der Waals surface area contributed by atoms with E-state index in [9.17, 15) is 5.11 Å². The summed E-state index contributed by atoms with van der Waals surface area (Å²) in [6.45, 7) is 0. The number of hydrazone groups is 1. The van der Waals surface area contributed by atoms with Crippen LogP contribution < -0.4 is 19.2 Å². The number of hydrogen-bond donors (Lipinski definition) is 1. The lowest BCUT2D eigenvalue weighted by Gasteiger charge is -2.27. The molecule has 4 aromatic carbocycles. The average molecular weight is 455 g/mol. The van der Waals surface area contributed by atoms with Crippen LogP contribution in [0, 0.1) is 0 Å². The zero-order valence-electron chi connectivity index (χ0n) is 19.4. The molecule has 1 unspecified atom stereocenters. The molecule has 1 atom stereocenters. The van der Waals surface area contributed by atoms with Gasteiger partial charge in [0.05, 0.1) is 33.1 Å². The van der Waals surface area contributed by atoms with E-state index >= 15 is 0 Å². The minimum absolute atomic E-state index is 0.192. The Morgan fingerprint density at radius 2 is 1.53 bits per heavy atom. The van der Waals surface area contributed by atoms with Gasteiger partial charge < -0.3 is 19.3 Å². The highest BCUT2D eigenvalue weighted by Gasteiger charge is 2.35. The minimum Gasteiger partial charge on any atom is -0.507 e. The lowest BCUT2D eigenvalue weighted by Crippen LogP contribution is -2.20. The van der Waals surface area contributed by atoms with Gasteiger partial charge in [-0.15, -0.1) is 0 Å². The van der Waals surface area contributed by atoms with Gasteiger partial charge in [0.15, 0.2) is 11.5 Å². The number of ether oxygens (including phenoxy) is 3. The van der Waals surface area contributed by atoms with Crippen LogP contribution in [0.2, 0.25) is 0 Å². The lowest BCUT2D eigenvalue weighted by atomic mass is 9.95. The third kappa shape index (κ3) is 3.57. The SMILES string of the molecule is COc1ccccc1N1N=C(c2ccc3ccccc3c2O)CC1c1cccc(OC)c1OC. The van der Waals surface area contributed by atoms with Crippen molar-refractivity contribution in [2.45, 2.75) is 12.5 Å². The number of fused-ring (bicyclic) bond motifs is 1. The first kappa shape index (κ1) is 21.6. The van der Waals surface area contributed by atoms with E-state index in [0.29, 0.717) is 29.2 Å². The fourth-order valence-corrected chi connectivity index (χ4v) is 4.62. The Bertz CT molecular complexity index is 1380. The molecule has 0 aromatic heterocycles. The molecule has 6 nitrogen and oxygen atoms in total. The molecule has 172 valence electrons. The standard InChI is InChI=1S/C28H26N2O4/c1-32-25-13-7-6-12-23(25)30-24(21-11-8-14-26(33-2)28(21)34-3)17-22(29-30)20-16-15-18-9-4-5-10-19(18)27(20)31/h4-16,24,31H,17H2,1-3H3. The van der Waals surface area contributed by atoms with Crippen molar-refractivity contribution >= 4 is 22.2 Å². The number of hydrogen-bond acceptors (Lipinski definition) is 6. The van der Waals surface area contributed by atoms with Crippen molar-refractivity contribution in [2.75, 3.05) is 26.3 Å². The summed E-state index contributed by atoms with van der Waals surface area (Å²) in [6.07, 6.45) is 0.563. The summed E-state index contributed by atoms with van der Waals surface area (Å²) in [6, 6.07) is 25.2. The second-order valence-corrected chi connectivity index (χ2v) is 8.05. The van der Waals surface area contributed by atoms with Crippen molar-refractivity contribution in [3.63, 3.8) is 0 Å². The normalized spacial score (nSPS) is 15.3. The maximum atomic E-state index is 11.1. The van der Waals surface area contributed by atoms with Gasteiger partial charge in [-0.25, -0.2) is 0 Å². The Morgan fingerprint density at radius 3 is 2.32 bits per heavy atom. The molecule has 34 heavy (non-hydrogen) atoms. The molecule has 6 heteroatoms. The predicted molar refractivity (Wildman–Crippen MR) is 135 cm³/mol. The summed E-state index contributed by atoms with van der Waals surface area (Å²) in [4.78, 5) is 0. The molecule has 5 rings (SSSR count). The number of anilines is 1. The van der Waals surface area contributed by atoms with Crippen LogP contribution in [0.5, 0.6) is 23.0 Å². The highest BCUT2D eigenvalue weighted by Crippen LogP contribution is 2.46. The van der Waals surface area contributed by atoms with Gasteiger partial charge in [0.1, 0.15) is 17.2 Å². The monoisotopic (exact) mass is 454 g/mol. The van der Waals surface area contributed by atoms with Gasteiger partial charge in [-0.1, -0.05) is 54.6 Å². The Balaban J connectivity index is 1.68. The zero-order chi connectivity index (χ0) is 23.7. The molecule has 0 saturated carbocycles. The largest absolute Gasteiger partial charge is 0.507 e. The van der Waals surface area contributed by atoms with Crippen LogP contribution in [0.25, 0.3) is 10.8 Å². The van der Waals surface area contributed by atoms with Crippen LogP contribution in [0.1, 0.15) is 23.6 Å². The number of phenols is 1. The second-order valence-electron chi connectivity index (χ2n) is 8.05. The van der Waals surface area contributed by atoms with Crippen LogP contribution in [-0.4, -0.2) is 32.1 Å². The zero-order valence-corrected chi connectivity index (χ0v) is 19.4. The number of aromatic hydroxyl groups is 1. The van der Waals surface area contributed by atoms with Crippen molar-refractivity contribution in [1.82, 2.24) is 0 Å². The number of phenolic OH excluding ortho intramolecular Hbond substituents is 1. The van der Waals surface area contributed by atoms with Crippen LogP contribution in [0.4, 0.5) is 5.69 Å². The molecule has 0 radical (unpaired) electrons. The Morgan fingerprint density at radius 1 is 0.794 bits per heavy atom. The summed E-state index contributed by atoms with van der Waals surface area (Å²) in [5.41, 5.74) is 3.26. The molecule has 4 aromatic rings. The number of rotatable bonds is 6. The predicted octanol–water partition coefficient (Wildman–Crippen LogP) is 5.93. The number of para-hydroxylation sites is 3. The first-order chi connectivity index (χ1) is 16.7.